The predicted molar refractivity (Wildman–Crippen MR) is 135 cm³/mol. The number of aliphatic imine (C=N–C) groups is 1. The van der Waals surface area contributed by atoms with Crippen LogP contribution >= 0.6 is 24.0 Å². The van der Waals surface area contributed by atoms with Gasteiger partial charge in [-0.15, -0.1) is 24.0 Å². The quantitative estimate of drug-likeness (QED) is 0.147. The number of halogens is 1. The fourth-order valence-corrected chi connectivity index (χ4v) is 2.80. The molecule has 0 aliphatic carbocycles. The molecule has 0 unspecified atom stereocenters. The summed E-state index contributed by atoms with van der Waals surface area (Å²) in [6.07, 6.45) is 1.71. The summed E-state index contributed by atoms with van der Waals surface area (Å²) >= 11 is 0. The van der Waals surface area contributed by atoms with Crippen LogP contribution in [0.4, 0.5) is 5.69 Å². The van der Waals surface area contributed by atoms with Gasteiger partial charge in [0.05, 0.1) is 19.8 Å². The summed E-state index contributed by atoms with van der Waals surface area (Å²) in [5.41, 5.74) is 0.416. The monoisotopic (exact) mass is 562 g/mol. The van der Waals surface area contributed by atoms with Crippen LogP contribution in [0.2, 0.25) is 0 Å². The van der Waals surface area contributed by atoms with Gasteiger partial charge in [0.25, 0.3) is 0 Å². The van der Waals surface area contributed by atoms with Gasteiger partial charge in [-0.25, -0.2) is 4.99 Å². The second kappa shape index (κ2) is 14.0. The van der Waals surface area contributed by atoms with E-state index in [-0.39, 0.29) is 47.9 Å². The summed E-state index contributed by atoms with van der Waals surface area (Å²) in [4.78, 5) is 28.1. The number of anilines is 1. The van der Waals surface area contributed by atoms with Gasteiger partial charge in [0, 0.05) is 36.7 Å². The maximum Gasteiger partial charge on any atom is 0.305 e. The average Bonchev–Trinajstić information content (AvgIpc) is 2.93. The lowest BCUT2D eigenvalue weighted by atomic mass is 10.1. The molecular weight excluding hydrogens is 527 g/mol. The lowest BCUT2D eigenvalue weighted by Crippen LogP contribution is -2.42. The molecule has 0 saturated carbocycles. The number of nitrogens with one attached hydrogen (secondary N) is 3. The predicted octanol–water partition coefficient (Wildman–Crippen LogP) is 3.08. The van der Waals surface area contributed by atoms with Crippen LogP contribution in [0.25, 0.3) is 0 Å². The van der Waals surface area contributed by atoms with Crippen LogP contribution in [-0.2, 0) is 14.3 Å². The Morgan fingerprint density at radius 1 is 1.16 bits per heavy atom. The minimum Gasteiger partial charge on any atom is -0.490 e. The Bertz CT molecular complexity index is 780. The van der Waals surface area contributed by atoms with E-state index in [1.54, 1.807) is 6.92 Å². The number of nitrogens with zero attached hydrogens (tertiary/aromatic N) is 1. The molecule has 0 fully saturated rings. The summed E-state index contributed by atoms with van der Waals surface area (Å²) in [5, 5.41) is 9.23. The summed E-state index contributed by atoms with van der Waals surface area (Å²) in [6, 6.07) is 5.54. The maximum absolute atomic E-state index is 12.2. The summed E-state index contributed by atoms with van der Waals surface area (Å²) < 4.78 is 16.3. The van der Waals surface area contributed by atoms with Crippen molar-refractivity contribution in [3.8, 4) is 11.5 Å². The molecule has 1 amide bonds. The van der Waals surface area contributed by atoms with Crippen molar-refractivity contribution in [1.82, 2.24) is 10.6 Å². The maximum atomic E-state index is 12.2. The highest BCUT2D eigenvalue weighted by atomic mass is 127. The SMILES string of the molecule is CCOC(=O)CCCNC(=NCC(=O)NC(C)(C)C)Nc1ccc2c(c1)OCCCO2.I. The van der Waals surface area contributed by atoms with E-state index in [1.165, 1.54) is 0 Å². The Labute approximate surface area is 207 Å². The van der Waals surface area contributed by atoms with Gasteiger partial charge in [0.1, 0.15) is 6.54 Å². The number of carbonyl (C=O) groups excluding carboxylic acids is 2. The Kier molecular flexibility index (Phi) is 12.2. The van der Waals surface area contributed by atoms with Gasteiger partial charge >= 0.3 is 5.97 Å². The van der Waals surface area contributed by atoms with Crippen molar-refractivity contribution in [3.05, 3.63) is 18.2 Å². The first kappa shape index (κ1) is 27.8. The molecule has 2 rings (SSSR count). The van der Waals surface area contributed by atoms with Crippen LogP contribution in [-0.4, -0.2) is 56.3 Å². The Balaban J connectivity index is 0.00000512. The molecule has 1 heterocycles. The zero-order valence-corrected chi connectivity index (χ0v) is 21.6. The van der Waals surface area contributed by atoms with E-state index < -0.39 is 0 Å². The molecule has 0 bridgehead atoms. The summed E-state index contributed by atoms with van der Waals surface area (Å²) in [5.74, 6) is 1.38. The van der Waals surface area contributed by atoms with E-state index >= 15 is 0 Å². The number of hydrogen-bond donors (Lipinski definition) is 3. The summed E-state index contributed by atoms with van der Waals surface area (Å²) in [7, 11) is 0. The van der Waals surface area contributed by atoms with Gasteiger partial charge in [0.15, 0.2) is 17.5 Å². The first-order valence-electron chi connectivity index (χ1n) is 10.7. The molecule has 32 heavy (non-hydrogen) atoms. The molecule has 0 saturated heterocycles. The molecule has 180 valence electrons. The van der Waals surface area contributed by atoms with E-state index in [9.17, 15) is 9.59 Å². The number of amides is 1. The number of benzene rings is 1. The van der Waals surface area contributed by atoms with Gasteiger partial charge in [-0.1, -0.05) is 0 Å². The largest absolute Gasteiger partial charge is 0.490 e. The van der Waals surface area contributed by atoms with Crippen molar-refractivity contribution < 1.29 is 23.8 Å². The number of carbonyl (C=O) groups is 2. The first-order chi connectivity index (χ1) is 14.8. The Hall–Kier alpha value is -2.24. The van der Waals surface area contributed by atoms with Gasteiger partial charge in [-0.05, 0) is 46.2 Å². The zero-order chi connectivity index (χ0) is 22.7. The Morgan fingerprint density at radius 3 is 2.56 bits per heavy atom. The van der Waals surface area contributed by atoms with Crippen LogP contribution in [0, 0.1) is 0 Å². The minimum atomic E-state index is -0.332. The standard InChI is InChI=1S/C22H34N4O5.HI/c1-5-29-20(28)8-6-11-23-21(24-15-19(27)26-22(2,3)4)25-16-9-10-17-18(14-16)31-13-7-12-30-17;/h9-10,14H,5-8,11-13,15H2,1-4H3,(H,26,27)(H2,23,24,25);1H. The van der Waals surface area contributed by atoms with Crippen LogP contribution in [0.15, 0.2) is 23.2 Å². The third-order valence-electron chi connectivity index (χ3n) is 4.06. The lowest BCUT2D eigenvalue weighted by molar-refractivity contribution is -0.143. The molecule has 1 aromatic carbocycles. The molecule has 0 atom stereocenters. The fourth-order valence-electron chi connectivity index (χ4n) is 2.80. The van der Waals surface area contributed by atoms with Gasteiger partial charge < -0.3 is 30.2 Å². The van der Waals surface area contributed by atoms with Gasteiger partial charge in [0.2, 0.25) is 5.91 Å². The second-order valence-electron chi connectivity index (χ2n) is 8.14. The van der Waals surface area contributed by atoms with Gasteiger partial charge in [-0.2, -0.15) is 0 Å². The van der Waals surface area contributed by atoms with Crippen LogP contribution in [0.3, 0.4) is 0 Å². The van der Waals surface area contributed by atoms with E-state index in [1.807, 2.05) is 39.0 Å². The minimum absolute atomic E-state index is 0. The third kappa shape index (κ3) is 10.9. The van der Waals surface area contributed by atoms with Crippen molar-refractivity contribution in [2.75, 3.05) is 38.2 Å². The fraction of sp³-hybridized carbons (Fsp3) is 0.591. The third-order valence-corrected chi connectivity index (χ3v) is 4.06. The van der Waals surface area contributed by atoms with Gasteiger partial charge in [-0.3, -0.25) is 9.59 Å². The van der Waals surface area contributed by atoms with Crippen LogP contribution in [0.1, 0.15) is 47.0 Å². The van der Waals surface area contributed by atoms with E-state index in [0.717, 1.165) is 12.1 Å². The summed E-state index contributed by atoms with van der Waals surface area (Å²) in [6.45, 7) is 9.58. The van der Waals surface area contributed by atoms with Crippen molar-refractivity contribution in [3.63, 3.8) is 0 Å². The highest BCUT2D eigenvalue weighted by molar-refractivity contribution is 14.0. The first-order valence-corrected chi connectivity index (χ1v) is 10.7. The van der Waals surface area contributed by atoms with E-state index in [0.29, 0.717) is 56.7 Å². The highest BCUT2D eigenvalue weighted by Crippen LogP contribution is 2.32. The molecular formula is C22H35IN4O5. The Morgan fingerprint density at radius 2 is 1.88 bits per heavy atom. The topological polar surface area (TPSA) is 110 Å². The van der Waals surface area contributed by atoms with Crippen molar-refractivity contribution >= 4 is 47.5 Å². The molecule has 0 aromatic heterocycles. The van der Waals surface area contributed by atoms with E-state index in [4.69, 9.17) is 14.2 Å². The second-order valence-corrected chi connectivity index (χ2v) is 8.14. The molecule has 1 aliphatic heterocycles. The molecule has 10 heteroatoms. The van der Waals surface area contributed by atoms with Crippen molar-refractivity contribution in [1.29, 1.82) is 0 Å². The zero-order valence-electron chi connectivity index (χ0n) is 19.3. The highest BCUT2D eigenvalue weighted by Gasteiger charge is 2.14. The van der Waals surface area contributed by atoms with Crippen LogP contribution < -0.4 is 25.4 Å². The van der Waals surface area contributed by atoms with Crippen molar-refractivity contribution in [2.45, 2.75) is 52.5 Å². The molecule has 1 aromatic rings. The normalized spacial score (nSPS) is 13.3. The number of esters is 1. The average molecular weight is 562 g/mol. The number of guanidine groups is 1. The number of hydrogen-bond acceptors (Lipinski definition) is 6. The van der Waals surface area contributed by atoms with E-state index in [2.05, 4.69) is 20.9 Å². The number of rotatable bonds is 8. The molecule has 1 aliphatic rings. The number of ether oxygens (including phenoxy) is 3. The molecule has 9 nitrogen and oxygen atoms in total. The molecule has 0 spiro atoms. The molecule has 3 N–H and O–H groups in total. The molecule has 0 radical (unpaired) electrons. The number of fused-ring (bicyclic) bond motifs is 1. The van der Waals surface area contributed by atoms with Crippen LogP contribution in [0.5, 0.6) is 11.5 Å². The smallest absolute Gasteiger partial charge is 0.305 e. The lowest BCUT2D eigenvalue weighted by Gasteiger charge is -2.20. The van der Waals surface area contributed by atoms with Crippen molar-refractivity contribution in [2.24, 2.45) is 4.99 Å².